The van der Waals surface area contributed by atoms with E-state index in [1.165, 1.54) is 0 Å². The van der Waals surface area contributed by atoms with Crippen molar-refractivity contribution < 1.29 is 9.13 Å². The predicted octanol–water partition coefficient (Wildman–Crippen LogP) is 3.87. The molecule has 1 aromatic carbocycles. The summed E-state index contributed by atoms with van der Waals surface area (Å²) in [5.74, 6) is 0.702. The molecule has 0 bridgehead atoms. The van der Waals surface area contributed by atoms with E-state index in [2.05, 4.69) is 15.2 Å². The smallest absolute Gasteiger partial charge is 0.193 e. The van der Waals surface area contributed by atoms with Gasteiger partial charge in [-0.2, -0.15) is 0 Å². The van der Waals surface area contributed by atoms with Gasteiger partial charge in [-0.15, -0.1) is 24.0 Å². The zero-order chi connectivity index (χ0) is 18.9. The molecule has 1 heterocycles. The Balaban J connectivity index is 0.00000364. The van der Waals surface area contributed by atoms with Crippen molar-refractivity contribution >= 4 is 35.6 Å². The van der Waals surface area contributed by atoms with Crippen LogP contribution in [0.25, 0.3) is 0 Å². The quantitative estimate of drug-likeness (QED) is 0.357. The van der Waals surface area contributed by atoms with Crippen LogP contribution in [0.5, 0.6) is 0 Å². The highest BCUT2D eigenvalue weighted by atomic mass is 127. The van der Waals surface area contributed by atoms with Gasteiger partial charge in [0.1, 0.15) is 5.82 Å². The standard InChI is InChI=1S/C20H33FN4O.HI/c1-5-24(6-2)19-9-8-16(14-18(19)21)15-23-20(22-4)25-12-10-17(11-13-25)26-7-3;/h8-9,14,17H,5-7,10-13,15H2,1-4H3,(H,22,23);1H. The first-order valence-electron chi connectivity index (χ1n) is 9.73. The van der Waals surface area contributed by atoms with Gasteiger partial charge in [-0.25, -0.2) is 4.39 Å². The Morgan fingerprint density at radius 3 is 2.44 bits per heavy atom. The Labute approximate surface area is 180 Å². The number of benzene rings is 1. The summed E-state index contributed by atoms with van der Waals surface area (Å²) in [7, 11) is 1.79. The molecule has 5 nitrogen and oxygen atoms in total. The number of anilines is 1. The Kier molecular flexibility index (Phi) is 11.0. The number of likely N-dealkylation sites (tertiary alicyclic amines) is 1. The maximum Gasteiger partial charge on any atom is 0.193 e. The van der Waals surface area contributed by atoms with Gasteiger partial charge in [0.2, 0.25) is 0 Å². The molecule has 1 fully saturated rings. The number of halogens is 2. The van der Waals surface area contributed by atoms with Crippen molar-refractivity contribution in [2.24, 2.45) is 4.99 Å². The highest BCUT2D eigenvalue weighted by Gasteiger charge is 2.21. The summed E-state index contributed by atoms with van der Waals surface area (Å²) in [6, 6.07) is 5.48. The van der Waals surface area contributed by atoms with Crippen LogP contribution in [0.2, 0.25) is 0 Å². The van der Waals surface area contributed by atoms with Crippen molar-refractivity contribution in [3.05, 3.63) is 29.6 Å². The van der Waals surface area contributed by atoms with Crippen molar-refractivity contribution in [3.8, 4) is 0 Å². The molecule has 1 N–H and O–H groups in total. The van der Waals surface area contributed by atoms with E-state index in [0.29, 0.717) is 18.3 Å². The lowest BCUT2D eigenvalue weighted by Gasteiger charge is -2.34. The molecule has 27 heavy (non-hydrogen) atoms. The normalized spacial score (nSPS) is 15.4. The summed E-state index contributed by atoms with van der Waals surface area (Å²) in [4.78, 5) is 8.65. The van der Waals surface area contributed by atoms with E-state index in [1.807, 2.05) is 37.8 Å². The first-order valence-corrected chi connectivity index (χ1v) is 9.73. The molecule has 1 aromatic rings. The third-order valence-corrected chi connectivity index (χ3v) is 4.92. The van der Waals surface area contributed by atoms with Crippen molar-refractivity contribution in [2.75, 3.05) is 44.7 Å². The largest absolute Gasteiger partial charge is 0.378 e. The number of aliphatic imine (C=N–C) groups is 1. The van der Waals surface area contributed by atoms with E-state index in [4.69, 9.17) is 4.74 Å². The third kappa shape index (κ3) is 6.78. The average molecular weight is 492 g/mol. The molecule has 1 saturated heterocycles. The molecule has 154 valence electrons. The molecule has 0 radical (unpaired) electrons. The fraction of sp³-hybridized carbons (Fsp3) is 0.650. The van der Waals surface area contributed by atoms with Crippen LogP contribution in [0.15, 0.2) is 23.2 Å². The molecule has 1 aliphatic rings. The highest BCUT2D eigenvalue weighted by molar-refractivity contribution is 14.0. The van der Waals surface area contributed by atoms with Gasteiger partial charge >= 0.3 is 0 Å². The fourth-order valence-electron chi connectivity index (χ4n) is 3.46. The topological polar surface area (TPSA) is 40.1 Å². The van der Waals surface area contributed by atoms with Crippen molar-refractivity contribution in [1.82, 2.24) is 10.2 Å². The third-order valence-electron chi connectivity index (χ3n) is 4.92. The summed E-state index contributed by atoms with van der Waals surface area (Å²) in [5, 5.41) is 3.36. The Bertz CT molecular complexity index is 587. The zero-order valence-corrected chi connectivity index (χ0v) is 19.3. The number of nitrogens with one attached hydrogen (secondary N) is 1. The Morgan fingerprint density at radius 2 is 1.93 bits per heavy atom. The summed E-state index contributed by atoms with van der Waals surface area (Å²) in [6.07, 6.45) is 2.39. The minimum absolute atomic E-state index is 0. The van der Waals surface area contributed by atoms with E-state index < -0.39 is 0 Å². The van der Waals surface area contributed by atoms with Crippen LogP contribution in [-0.2, 0) is 11.3 Å². The highest BCUT2D eigenvalue weighted by Crippen LogP contribution is 2.20. The van der Waals surface area contributed by atoms with E-state index in [9.17, 15) is 4.39 Å². The number of guanidine groups is 1. The molecule has 0 spiro atoms. The van der Waals surface area contributed by atoms with Gasteiger partial charge in [0.15, 0.2) is 5.96 Å². The van der Waals surface area contributed by atoms with E-state index >= 15 is 0 Å². The average Bonchev–Trinajstić information content (AvgIpc) is 2.66. The van der Waals surface area contributed by atoms with Gasteiger partial charge < -0.3 is 19.9 Å². The zero-order valence-electron chi connectivity index (χ0n) is 17.0. The maximum absolute atomic E-state index is 14.4. The molecule has 0 atom stereocenters. The summed E-state index contributed by atoms with van der Waals surface area (Å²) >= 11 is 0. The molecule has 0 amide bonds. The number of piperidine rings is 1. The number of hydrogen-bond donors (Lipinski definition) is 1. The van der Waals surface area contributed by atoms with Crippen molar-refractivity contribution in [1.29, 1.82) is 0 Å². The van der Waals surface area contributed by atoms with Gasteiger partial charge in [0.25, 0.3) is 0 Å². The molecule has 0 unspecified atom stereocenters. The second-order valence-electron chi connectivity index (χ2n) is 6.50. The van der Waals surface area contributed by atoms with Crippen LogP contribution < -0.4 is 10.2 Å². The summed E-state index contributed by atoms with van der Waals surface area (Å²) in [6.45, 7) is 10.9. The van der Waals surface area contributed by atoms with E-state index in [1.54, 1.807) is 13.1 Å². The Morgan fingerprint density at radius 1 is 1.26 bits per heavy atom. The molecule has 0 saturated carbocycles. The number of nitrogens with zero attached hydrogens (tertiary/aromatic N) is 3. The lowest BCUT2D eigenvalue weighted by Crippen LogP contribution is -2.46. The monoisotopic (exact) mass is 492 g/mol. The molecule has 7 heteroatoms. The molecule has 1 aliphatic heterocycles. The first-order chi connectivity index (χ1) is 12.6. The van der Waals surface area contributed by atoms with E-state index in [0.717, 1.165) is 57.2 Å². The number of ether oxygens (including phenoxy) is 1. The van der Waals surface area contributed by atoms with Crippen LogP contribution in [0.1, 0.15) is 39.2 Å². The molecule has 0 aliphatic carbocycles. The number of rotatable bonds is 7. The minimum atomic E-state index is -0.166. The van der Waals surface area contributed by atoms with Crippen LogP contribution in [0, 0.1) is 5.82 Å². The van der Waals surface area contributed by atoms with Gasteiger partial charge in [-0.05, 0) is 51.3 Å². The van der Waals surface area contributed by atoms with Gasteiger partial charge in [-0.1, -0.05) is 6.07 Å². The van der Waals surface area contributed by atoms with Crippen molar-refractivity contribution in [3.63, 3.8) is 0 Å². The van der Waals surface area contributed by atoms with Crippen LogP contribution in [0.4, 0.5) is 10.1 Å². The maximum atomic E-state index is 14.4. The minimum Gasteiger partial charge on any atom is -0.378 e. The van der Waals surface area contributed by atoms with Gasteiger partial charge in [0, 0.05) is 46.4 Å². The van der Waals surface area contributed by atoms with Gasteiger partial charge in [0.05, 0.1) is 11.8 Å². The van der Waals surface area contributed by atoms with Crippen LogP contribution >= 0.6 is 24.0 Å². The van der Waals surface area contributed by atoms with Crippen molar-refractivity contribution in [2.45, 2.75) is 46.3 Å². The molecular weight excluding hydrogens is 458 g/mol. The first kappa shape index (κ1) is 23.9. The van der Waals surface area contributed by atoms with Gasteiger partial charge in [-0.3, -0.25) is 4.99 Å². The van der Waals surface area contributed by atoms with Crippen LogP contribution in [0.3, 0.4) is 0 Å². The molecule has 2 rings (SSSR count). The molecular formula is C20H34FIN4O. The second-order valence-corrected chi connectivity index (χ2v) is 6.50. The van der Waals surface area contributed by atoms with E-state index in [-0.39, 0.29) is 29.8 Å². The van der Waals surface area contributed by atoms with Crippen LogP contribution in [-0.4, -0.2) is 56.8 Å². The SMILES string of the molecule is CCOC1CCN(C(=NC)NCc2ccc(N(CC)CC)c(F)c2)CC1.I. The summed E-state index contributed by atoms with van der Waals surface area (Å²) in [5.41, 5.74) is 1.59. The fourth-order valence-corrected chi connectivity index (χ4v) is 3.46. The lowest BCUT2D eigenvalue weighted by molar-refractivity contribution is 0.0263. The summed E-state index contributed by atoms with van der Waals surface area (Å²) < 4.78 is 20.1. The second kappa shape index (κ2) is 12.4. The molecule has 0 aromatic heterocycles. The lowest BCUT2D eigenvalue weighted by atomic mass is 10.1. The number of hydrogen-bond acceptors (Lipinski definition) is 3. The predicted molar refractivity (Wildman–Crippen MR) is 122 cm³/mol. The Hall–Kier alpha value is -1.09.